The summed E-state index contributed by atoms with van der Waals surface area (Å²) in [6.45, 7) is 4.90. The average molecular weight is 1400 g/mol. The van der Waals surface area contributed by atoms with Crippen LogP contribution in [-0.2, 0) is 65.4 Å². The van der Waals surface area contributed by atoms with Crippen molar-refractivity contribution in [2.75, 3.05) is 39.6 Å². The van der Waals surface area contributed by atoms with Gasteiger partial charge in [0.15, 0.2) is 12.2 Å². The number of phosphoric acid groups is 2. The van der Waals surface area contributed by atoms with Crippen molar-refractivity contribution in [2.45, 2.75) is 425 Å². The van der Waals surface area contributed by atoms with Crippen molar-refractivity contribution < 1.29 is 80.2 Å². The minimum Gasteiger partial charge on any atom is -0.462 e. The van der Waals surface area contributed by atoms with E-state index in [0.29, 0.717) is 25.7 Å². The minimum atomic E-state index is -4.95. The molecule has 0 aromatic heterocycles. The van der Waals surface area contributed by atoms with Crippen molar-refractivity contribution in [3.63, 3.8) is 0 Å². The fourth-order valence-corrected chi connectivity index (χ4v) is 13.3. The van der Waals surface area contributed by atoms with Crippen molar-refractivity contribution in [3.8, 4) is 0 Å². The standard InChI is InChI=1S/C76H148O17P2/c1-5-9-13-17-20-23-26-29-31-33-35-37-39-42-45-48-51-55-59-63-76(81)93-72(67-87-74(79)61-57-53-49-46-43-41-38-36-34-32-30-27-24-21-18-14-10-6-2)69-91-95(84,85)89-65-70(77)64-88-94(82,83)90-68-71(66-86-73(78)60-56-52-16-12-8-4)92-75(80)62-58-54-50-47-44-40-28-25-22-19-15-11-7-3/h70-72,77H,5-69H2,1-4H3,(H,82,83)(H,84,85)/t70-,71+,72+/m0/s1. The van der Waals surface area contributed by atoms with Crippen molar-refractivity contribution in [1.82, 2.24) is 0 Å². The number of hydrogen-bond acceptors (Lipinski definition) is 15. The Morgan fingerprint density at radius 1 is 0.253 bits per heavy atom. The molecule has 0 aromatic carbocycles. The summed E-state index contributed by atoms with van der Waals surface area (Å²) in [7, 11) is -9.90. The van der Waals surface area contributed by atoms with Crippen LogP contribution >= 0.6 is 15.6 Å². The molecule has 2 unspecified atom stereocenters. The number of carbonyl (C=O) groups is 4. The second-order valence-corrected chi connectivity index (χ2v) is 30.3. The number of esters is 4. The largest absolute Gasteiger partial charge is 0.472 e. The predicted octanol–water partition coefficient (Wildman–Crippen LogP) is 22.6. The number of aliphatic hydroxyl groups excluding tert-OH is 1. The van der Waals surface area contributed by atoms with Gasteiger partial charge in [-0.2, -0.15) is 0 Å². The van der Waals surface area contributed by atoms with Gasteiger partial charge in [-0.05, 0) is 25.7 Å². The zero-order valence-electron chi connectivity index (χ0n) is 61.6. The van der Waals surface area contributed by atoms with Gasteiger partial charge in [-0.3, -0.25) is 37.3 Å². The van der Waals surface area contributed by atoms with Gasteiger partial charge in [-0.15, -0.1) is 0 Å². The molecule has 564 valence electrons. The molecule has 19 heteroatoms. The first-order chi connectivity index (χ1) is 46.2. The van der Waals surface area contributed by atoms with Crippen molar-refractivity contribution in [2.24, 2.45) is 0 Å². The summed E-state index contributed by atoms with van der Waals surface area (Å²) < 4.78 is 68.3. The van der Waals surface area contributed by atoms with Gasteiger partial charge in [0.1, 0.15) is 19.3 Å². The van der Waals surface area contributed by atoms with Crippen LogP contribution in [0.25, 0.3) is 0 Å². The molecule has 0 aromatic rings. The highest BCUT2D eigenvalue weighted by Crippen LogP contribution is 2.45. The Hall–Kier alpha value is -1.94. The van der Waals surface area contributed by atoms with Crippen LogP contribution in [0.2, 0.25) is 0 Å². The maximum Gasteiger partial charge on any atom is 0.472 e. The second-order valence-electron chi connectivity index (χ2n) is 27.4. The third-order valence-corrected chi connectivity index (χ3v) is 19.8. The quantitative estimate of drug-likeness (QED) is 0.0222. The topological polar surface area (TPSA) is 237 Å². The minimum absolute atomic E-state index is 0.107. The van der Waals surface area contributed by atoms with E-state index in [4.69, 9.17) is 37.0 Å². The van der Waals surface area contributed by atoms with E-state index >= 15 is 0 Å². The second kappa shape index (κ2) is 70.5. The van der Waals surface area contributed by atoms with Crippen LogP contribution in [0.3, 0.4) is 0 Å². The molecular formula is C76H148O17P2. The van der Waals surface area contributed by atoms with Gasteiger partial charge in [0.25, 0.3) is 0 Å². The van der Waals surface area contributed by atoms with E-state index in [1.807, 2.05) is 0 Å². The molecule has 0 rings (SSSR count). The van der Waals surface area contributed by atoms with E-state index in [0.717, 1.165) is 96.3 Å². The van der Waals surface area contributed by atoms with Crippen molar-refractivity contribution in [3.05, 3.63) is 0 Å². The molecule has 0 heterocycles. The molecule has 3 N–H and O–H groups in total. The molecule has 95 heavy (non-hydrogen) atoms. The van der Waals surface area contributed by atoms with E-state index in [9.17, 15) is 43.2 Å². The van der Waals surface area contributed by atoms with Gasteiger partial charge in [0.2, 0.25) is 0 Å². The molecule has 0 fully saturated rings. The van der Waals surface area contributed by atoms with Crippen LogP contribution in [-0.4, -0.2) is 96.7 Å². The number of carbonyl (C=O) groups excluding carboxylic acids is 4. The highest BCUT2D eigenvalue weighted by Gasteiger charge is 2.30. The first-order valence-electron chi connectivity index (χ1n) is 39.8. The zero-order chi connectivity index (χ0) is 69.7. The summed E-state index contributed by atoms with van der Waals surface area (Å²) in [5, 5.41) is 10.6. The Balaban J connectivity index is 5.13. The number of aliphatic hydroxyl groups is 1. The van der Waals surface area contributed by atoms with Crippen molar-refractivity contribution >= 4 is 39.5 Å². The van der Waals surface area contributed by atoms with Gasteiger partial charge < -0.3 is 33.8 Å². The maximum atomic E-state index is 13.1. The fourth-order valence-electron chi connectivity index (χ4n) is 11.8. The first kappa shape index (κ1) is 93.1. The summed E-state index contributed by atoms with van der Waals surface area (Å²) in [6, 6.07) is 0. The number of hydrogen-bond donors (Lipinski definition) is 3. The van der Waals surface area contributed by atoms with Crippen LogP contribution in [0.5, 0.6) is 0 Å². The molecule has 0 amide bonds. The van der Waals surface area contributed by atoms with Gasteiger partial charge in [0.05, 0.1) is 26.4 Å². The fraction of sp³-hybridized carbons (Fsp3) is 0.947. The zero-order valence-corrected chi connectivity index (χ0v) is 63.4. The molecule has 5 atom stereocenters. The van der Waals surface area contributed by atoms with Crippen LogP contribution in [0, 0.1) is 0 Å². The van der Waals surface area contributed by atoms with Gasteiger partial charge in [0, 0.05) is 25.7 Å². The summed E-state index contributed by atoms with van der Waals surface area (Å²) in [6.07, 6.45) is 61.5. The van der Waals surface area contributed by atoms with E-state index in [1.54, 1.807) is 0 Å². The summed E-state index contributed by atoms with van der Waals surface area (Å²) in [4.78, 5) is 72.5. The Bertz CT molecular complexity index is 1810. The van der Waals surface area contributed by atoms with Crippen molar-refractivity contribution in [1.29, 1.82) is 0 Å². The number of unbranched alkanes of at least 4 members (excludes halogenated alkanes) is 51. The van der Waals surface area contributed by atoms with Gasteiger partial charge >= 0.3 is 39.5 Å². The average Bonchev–Trinajstić information content (AvgIpc) is 3.00. The molecule has 0 bridgehead atoms. The lowest BCUT2D eigenvalue weighted by Crippen LogP contribution is -2.30. The van der Waals surface area contributed by atoms with E-state index in [-0.39, 0.29) is 25.7 Å². The summed E-state index contributed by atoms with van der Waals surface area (Å²) in [5.74, 6) is -2.12. The number of phosphoric ester groups is 2. The number of rotatable bonds is 77. The third-order valence-electron chi connectivity index (χ3n) is 17.9. The Labute approximate surface area is 581 Å². The van der Waals surface area contributed by atoms with Gasteiger partial charge in [-0.25, -0.2) is 9.13 Å². The molecule has 0 radical (unpaired) electrons. The van der Waals surface area contributed by atoms with E-state index in [1.165, 1.54) is 231 Å². The molecule has 0 aliphatic rings. The molecule has 0 saturated heterocycles. The molecule has 17 nitrogen and oxygen atoms in total. The van der Waals surface area contributed by atoms with Crippen LogP contribution in [0.1, 0.15) is 407 Å². The Morgan fingerprint density at radius 3 is 0.621 bits per heavy atom. The lowest BCUT2D eigenvalue weighted by molar-refractivity contribution is -0.161. The normalized spacial score (nSPS) is 13.9. The molecule has 0 spiro atoms. The van der Waals surface area contributed by atoms with Gasteiger partial charge in [-0.1, -0.05) is 355 Å². The Kier molecular flexibility index (Phi) is 69.1. The summed E-state index contributed by atoms with van der Waals surface area (Å²) >= 11 is 0. The van der Waals surface area contributed by atoms with Crippen LogP contribution < -0.4 is 0 Å². The lowest BCUT2D eigenvalue weighted by Gasteiger charge is -2.21. The Morgan fingerprint density at radius 2 is 0.421 bits per heavy atom. The molecule has 0 saturated carbocycles. The van der Waals surface area contributed by atoms with E-state index < -0.39 is 97.5 Å². The highest BCUT2D eigenvalue weighted by atomic mass is 31.2. The van der Waals surface area contributed by atoms with Crippen LogP contribution in [0.15, 0.2) is 0 Å². The lowest BCUT2D eigenvalue weighted by atomic mass is 10.0. The predicted molar refractivity (Wildman–Crippen MR) is 386 cm³/mol. The smallest absolute Gasteiger partial charge is 0.462 e. The maximum absolute atomic E-state index is 13.1. The SMILES string of the molecule is CCCCCCCCCCCCCCCCCCCCCC(=O)O[C@H](COC(=O)CCCCCCCCCCCCCCCCCCCC)COP(=O)(O)OC[C@@H](O)COP(=O)(O)OC[C@@H](COC(=O)CCCCCCC)OC(=O)CCCCCCCCCCCCCCC. The molecule has 0 aliphatic heterocycles. The first-order valence-corrected chi connectivity index (χ1v) is 42.8. The molecular weight excluding hydrogens is 1250 g/mol. The third kappa shape index (κ3) is 70.3. The monoisotopic (exact) mass is 1400 g/mol. The van der Waals surface area contributed by atoms with Crippen LogP contribution in [0.4, 0.5) is 0 Å². The molecule has 0 aliphatic carbocycles. The highest BCUT2D eigenvalue weighted by molar-refractivity contribution is 7.47. The summed E-state index contributed by atoms with van der Waals surface area (Å²) in [5.41, 5.74) is 0. The van der Waals surface area contributed by atoms with E-state index in [2.05, 4.69) is 27.7 Å². The number of ether oxygens (including phenoxy) is 4.